The van der Waals surface area contributed by atoms with E-state index in [1.165, 1.54) is 20.5 Å². The summed E-state index contributed by atoms with van der Waals surface area (Å²) in [5.41, 5.74) is 3.64. The molecule has 0 amide bonds. The van der Waals surface area contributed by atoms with E-state index in [1.807, 2.05) is 49.4 Å². The van der Waals surface area contributed by atoms with E-state index in [9.17, 15) is 4.79 Å². The van der Waals surface area contributed by atoms with Crippen LogP contribution in [0.1, 0.15) is 30.5 Å². The van der Waals surface area contributed by atoms with Crippen LogP contribution < -0.4 is 0 Å². The molecule has 0 spiro atoms. The van der Waals surface area contributed by atoms with Crippen molar-refractivity contribution < 1.29 is 23.9 Å². The molecule has 7 nitrogen and oxygen atoms in total. The molecule has 164 valence electrons. The fourth-order valence-electron chi connectivity index (χ4n) is 2.66. The lowest BCUT2D eigenvalue weighted by molar-refractivity contribution is -0.133. The van der Waals surface area contributed by atoms with Crippen LogP contribution in [-0.4, -0.2) is 38.2 Å². The van der Waals surface area contributed by atoms with Crippen molar-refractivity contribution in [2.24, 2.45) is 10.3 Å². The average Bonchev–Trinajstić information content (AvgIpc) is 2.79. The first-order valence-electron chi connectivity index (χ1n) is 9.54. The number of ether oxygens (including phenoxy) is 2. The zero-order valence-corrected chi connectivity index (χ0v) is 19.5. The molecule has 0 aliphatic carbocycles. The lowest BCUT2D eigenvalue weighted by Gasteiger charge is -2.11. The van der Waals surface area contributed by atoms with Crippen LogP contribution in [0.15, 0.2) is 69.6 Å². The van der Waals surface area contributed by atoms with Gasteiger partial charge in [-0.25, -0.2) is 4.79 Å². The Morgan fingerprint density at radius 3 is 2.39 bits per heavy atom. The van der Waals surface area contributed by atoms with Gasteiger partial charge in [0, 0.05) is 15.6 Å². The summed E-state index contributed by atoms with van der Waals surface area (Å²) < 4.78 is 10.9. The van der Waals surface area contributed by atoms with E-state index in [-0.39, 0.29) is 6.61 Å². The molecule has 0 saturated carbocycles. The van der Waals surface area contributed by atoms with Gasteiger partial charge in [-0.1, -0.05) is 62.6 Å². The number of carbonyl (C=O) groups excluding carboxylic acids is 1. The van der Waals surface area contributed by atoms with Crippen molar-refractivity contribution in [3.63, 3.8) is 0 Å². The van der Waals surface area contributed by atoms with Crippen LogP contribution in [0, 0.1) is 0 Å². The van der Waals surface area contributed by atoms with E-state index in [1.54, 1.807) is 13.0 Å². The summed E-state index contributed by atoms with van der Waals surface area (Å²) in [6, 6.07) is 15.0. The maximum Gasteiger partial charge on any atom is 0.341 e. The van der Waals surface area contributed by atoms with E-state index in [4.69, 9.17) is 19.1 Å². The average molecular weight is 489 g/mol. The highest BCUT2D eigenvalue weighted by Crippen LogP contribution is 2.22. The lowest BCUT2D eigenvalue weighted by atomic mass is 10.0. The highest BCUT2D eigenvalue weighted by Gasteiger charge is 2.17. The minimum Gasteiger partial charge on any atom is -0.503 e. The number of carbonyl (C=O) groups is 1. The number of methoxy groups -OCH3 is 2. The van der Waals surface area contributed by atoms with E-state index < -0.39 is 5.97 Å². The third kappa shape index (κ3) is 6.96. The van der Waals surface area contributed by atoms with Gasteiger partial charge in [0.05, 0.1) is 20.5 Å². The summed E-state index contributed by atoms with van der Waals surface area (Å²) in [6.45, 7) is 4.21. The molecule has 0 bridgehead atoms. The van der Waals surface area contributed by atoms with Crippen molar-refractivity contribution in [3.8, 4) is 0 Å². The first-order chi connectivity index (χ1) is 15.0. The third-order valence-electron chi connectivity index (χ3n) is 4.12. The van der Waals surface area contributed by atoms with E-state index >= 15 is 0 Å². The molecule has 2 rings (SSSR count). The number of oxime groups is 2. The van der Waals surface area contributed by atoms with Crippen LogP contribution in [0.4, 0.5) is 0 Å². The van der Waals surface area contributed by atoms with E-state index in [0.29, 0.717) is 29.2 Å². The highest BCUT2D eigenvalue weighted by molar-refractivity contribution is 9.10. The molecule has 31 heavy (non-hydrogen) atoms. The Bertz CT molecular complexity index is 968. The Balaban J connectivity index is 2.25. The van der Waals surface area contributed by atoms with Gasteiger partial charge in [0.1, 0.15) is 30.2 Å². The standard InChI is InChI=1S/C23H25BrN2O5/c1-5-30-26-22(17-10-12-19(24)13-11-17)16(2)25-31-14-18-8-6-7-9-20(18)21(15-28-3)23(27)29-4/h6-13,15H,5,14H2,1-4H3/b21-15-,25-16+,26-22+. The molecule has 2 aromatic carbocycles. The lowest BCUT2D eigenvalue weighted by Crippen LogP contribution is -2.14. The molecule has 0 heterocycles. The predicted octanol–water partition coefficient (Wildman–Crippen LogP) is 4.94. The number of rotatable bonds is 10. The van der Waals surface area contributed by atoms with Crippen molar-refractivity contribution in [1.29, 1.82) is 0 Å². The van der Waals surface area contributed by atoms with Crippen LogP contribution in [0.2, 0.25) is 0 Å². The van der Waals surface area contributed by atoms with Crippen LogP contribution in [0.3, 0.4) is 0 Å². The Morgan fingerprint density at radius 1 is 1.03 bits per heavy atom. The Morgan fingerprint density at radius 2 is 1.74 bits per heavy atom. The summed E-state index contributed by atoms with van der Waals surface area (Å²) in [7, 11) is 2.79. The smallest absolute Gasteiger partial charge is 0.341 e. The normalized spacial score (nSPS) is 12.4. The molecule has 0 radical (unpaired) electrons. The number of esters is 1. The van der Waals surface area contributed by atoms with Gasteiger partial charge >= 0.3 is 5.97 Å². The first-order valence-corrected chi connectivity index (χ1v) is 10.3. The largest absolute Gasteiger partial charge is 0.503 e. The van der Waals surface area contributed by atoms with Crippen molar-refractivity contribution in [2.45, 2.75) is 20.5 Å². The van der Waals surface area contributed by atoms with E-state index in [2.05, 4.69) is 26.2 Å². The van der Waals surface area contributed by atoms with Gasteiger partial charge in [-0.15, -0.1) is 0 Å². The van der Waals surface area contributed by atoms with Gasteiger partial charge in [-0.2, -0.15) is 0 Å². The van der Waals surface area contributed by atoms with Gasteiger partial charge in [-0.3, -0.25) is 0 Å². The zero-order chi connectivity index (χ0) is 22.6. The van der Waals surface area contributed by atoms with Gasteiger partial charge < -0.3 is 19.1 Å². The van der Waals surface area contributed by atoms with Crippen molar-refractivity contribution in [2.75, 3.05) is 20.8 Å². The quantitative estimate of drug-likeness (QED) is 0.155. The van der Waals surface area contributed by atoms with Gasteiger partial charge in [0.2, 0.25) is 0 Å². The van der Waals surface area contributed by atoms with E-state index in [0.717, 1.165) is 15.6 Å². The molecular formula is C23H25BrN2O5. The fourth-order valence-corrected chi connectivity index (χ4v) is 2.93. The fraction of sp³-hybridized carbons (Fsp3) is 0.261. The highest BCUT2D eigenvalue weighted by atomic mass is 79.9. The first kappa shape index (κ1) is 24.1. The number of benzene rings is 2. The number of nitrogens with zero attached hydrogens (tertiary/aromatic N) is 2. The summed E-state index contributed by atoms with van der Waals surface area (Å²) in [4.78, 5) is 23.0. The maximum absolute atomic E-state index is 12.1. The van der Waals surface area contributed by atoms with Gasteiger partial charge in [0.15, 0.2) is 0 Å². The van der Waals surface area contributed by atoms with Crippen LogP contribution in [0.25, 0.3) is 5.57 Å². The summed E-state index contributed by atoms with van der Waals surface area (Å²) in [6.07, 6.45) is 1.35. The molecule has 0 unspecified atom stereocenters. The third-order valence-corrected chi connectivity index (χ3v) is 4.64. The van der Waals surface area contributed by atoms with Crippen molar-refractivity contribution in [1.82, 2.24) is 0 Å². The Kier molecular flexibility index (Phi) is 9.77. The second kappa shape index (κ2) is 12.5. The number of hydrogen-bond donors (Lipinski definition) is 0. The summed E-state index contributed by atoms with van der Waals surface area (Å²) >= 11 is 3.42. The molecule has 0 aromatic heterocycles. The molecule has 2 aromatic rings. The molecule has 8 heteroatoms. The number of halogens is 1. The second-order valence-corrected chi connectivity index (χ2v) is 7.15. The Labute approximate surface area is 190 Å². The second-order valence-electron chi connectivity index (χ2n) is 6.23. The molecular weight excluding hydrogens is 464 g/mol. The monoisotopic (exact) mass is 488 g/mol. The zero-order valence-electron chi connectivity index (χ0n) is 17.9. The number of hydrogen-bond acceptors (Lipinski definition) is 7. The maximum atomic E-state index is 12.1. The van der Waals surface area contributed by atoms with Crippen molar-refractivity contribution in [3.05, 3.63) is 76.0 Å². The van der Waals surface area contributed by atoms with Crippen molar-refractivity contribution >= 4 is 38.9 Å². The van der Waals surface area contributed by atoms with Crippen LogP contribution in [0.5, 0.6) is 0 Å². The van der Waals surface area contributed by atoms with Crippen LogP contribution in [-0.2, 0) is 30.6 Å². The molecule has 0 N–H and O–H groups in total. The van der Waals surface area contributed by atoms with Gasteiger partial charge in [-0.05, 0) is 31.5 Å². The Hall–Kier alpha value is -3.13. The molecule has 0 fully saturated rings. The summed E-state index contributed by atoms with van der Waals surface area (Å²) in [5, 5.41) is 8.39. The predicted molar refractivity (Wildman–Crippen MR) is 124 cm³/mol. The molecule has 0 aliphatic rings. The molecule has 0 saturated heterocycles. The SMILES string of the molecule is CCO/N=C(\C(C)=N\OCc1ccccc1/C(=C/OC)C(=O)OC)c1ccc(Br)cc1. The summed E-state index contributed by atoms with van der Waals surface area (Å²) in [5.74, 6) is -0.504. The minimum absolute atomic E-state index is 0.133. The molecule has 0 aliphatic heterocycles. The minimum atomic E-state index is -0.504. The molecule has 0 atom stereocenters. The van der Waals surface area contributed by atoms with Gasteiger partial charge in [0.25, 0.3) is 0 Å². The topological polar surface area (TPSA) is 78.7 Å². The van der Waals surface area contributed by atoms with Crippen LogP contribution >= 0.6 is 15.9 Å².